The lowest BCUT2D eigenvalue weighted by atomic mass is 10.1. The van der Waals surface area contributed by atoms with Crippen LogP contribution < -0.4 is 0 Å². The van der Waals surface area contributed by atoms with Crippen LogP contribution in [0.25, 0.3) is 11.0 Å². The van der Waals surface area contributed by atoms with Crippen LogP contribution in [0, 0.1) is 0 Å². The normalized spacial score (nSPS) is 15.2. The highest BCUT2D eigenvalue weighted by molar-refractivity contribution is 6.35. The van der Waals surface area contributed by atoms with Crippen LogP contribution >= 0.6 is 23.2 Å². The summed E-state index contributed by atoms with van der Waals surface area (Å²) < 4.78 is 2.06. The number of aromatic nitrogens is 2. The number of nitrogens with zero attached hydrogens (tertiary/aromatic N) is 4. The van der Waals surface area contributed by atoms with Crippen LogP contribution in [-0.2, 0) is 16.0 Å². The van der Waals surface area contributed by atoms with Crippen LogP contribution in [0.3, 0.4) is 0 Å². The summed E-state index contributed by atoms with van der Waals surface area (Å²) in [5.74, 6) is 0.896. The maximum absolute atomic E-state index is 13.6. The van der Waals surface area contributed by atoms with E-state index in [-0.39, 0.29) is 17.9 Å². The Morgan fingerprint density at radius 2 is 1.72 bits per heavy atom. The molecule has 1 aromatic heterocycles. The van der Waals surface area contributed by atoms with Crippen LogP contribution in [0.2, 0.25) is 10.0 Å². The largest absolute Gasteiger partial charge is 0.339 e. The minimum absolute atomic E-state index is 0.0480. The van der Waals surface area contributed by atoms with E-state index < -0.39 is 0 Å². The van der Waals surface area contributed by atoms with Crippen molar-refractivity contribution in [2.45, 2.75) is 32.7 Å². The van der Waals surface area contributed by atoms with E-state index in [0.29, 0.717) is 49.1 Å². The van der Waals surface area contributed by atoms with E-state index in [9.17, 15) is 9.59 Å². The van der Waals surface area contributed by atoms with Gasteiger partial charge < -0.3 is 14.4 Å². The molecule has 0 bridgehead atoms. The van der Waals surface area contributed by atoms with E-state index in [0.717, 1.165) is 22.4 Å². The number of para-hydroxylation sites is 2. The van der Waals surface area contributed by atoms with Crippen LogP contribution in [0.5, 0.6) is 0 Å². The number of hydrogen-bond acceptors (Lipinski definition) is 3. The van der Waals surface area contributed by atoms with Gasteiger partial charge >= 0.3 is 0 Å². The summed E-state index contributed by atoms with van der Waals surface area (Å²) >= 11 is 12.5. The molecule has 0 saturated carbocycles. The third-order valence-corrected chi connectivity index (χ3v) is 6.64. The molecule has 6 nitrogen and oxygen atoms in total. The zero-order chi connectivity index (χ0) is 22.8. The molecule has 0 N–H and O–H groups in total. The second kappa shape index (κ2) is 9.51. The molecule has 1 aliphatic heterocycles. The van der Waals surface area contributed by atoms with Gasteiger partial charge in [-0.15, -0.1) is 0 Å². The number of benzene rings is 2. The molecule has 0 spiro atoms. The van der Waals surface area contributed by atoms with Crippen molar-refractivity contribution in [3.8, 4) is 0 Å². The van der Waals surface area contributed by atoms with Crippen molar-refractivity contribution in [3.05, 3.63) is 63.9 Å². The fourth-order valence-corrected chi connectivity index (χ4v) is 4.80. The van der Waals surface area contributed by atoms with Crippen molar-refractivity contribution in [2.24, 2.45) is 0 Å². The maximum Gasteiger partial charge on any atom is 0.245 e. The average Bonchev–Trinajstić information content (AvgIpc) is 3.14. The maximum atomic E-state index is 13.6. The molecule has 1 aliphatic rings. The molecule has 2 heterocycles. The van der Waals surface area contributed by atoms with Gasteiger partial charge in [-0.3, -0.25) is 9.59 Å². The van der Waals surface area contributed by atoms with E-state index >= 15 is 0 Å². The first-order chi connectivity index (χ1) is 15.4. The predicted molar refractivity (Wildman–Crippen MR) is 127 cm³/mol. The molecule has 1 saturated heterocycles. The number of fused-ring (bicyclic) bond motifs is 1. The lowest BCUT2D eigenvalue weighted by Crippen LogP contribution is -2.51. The molecular weight excluding hydrogens is 447 g/mol. The highest BCUT2D eigenvalue weighted by atomic mass is 35.5. The van der Waals surface area contributed by atoms with E-state index in [1.54, 1.807) is 17.9 Å². The summed E-state index contributed by atoms with van der Waals surface area (Å²) in [6.07, 6.45) is 1.13. The quantitative estimate of drug-likeness (QED) is 0.545. The van der Waals surface area contributed by atoms with Crippen molar-refractivity contribution in [1.82, 2.24) is 19.4 Å². The SMILES string of the molecule is CCC(C(=O)N1CCN(C(C)=O)CC1)n1c(Cc2ccc(Cl)cc2Cl)nc2ccccc21. The van der Waals surface area contributed by atoms with Gasteiger partial charge in [0.1, 0.15) is 11.9 Å². The highest BCUT2D eigenvalue weighted by Gasteiger charge is 2.30. The molecule has 4 rings (SSSR count). The lowest BCUT2D eigenvalue weighted by molar-refractivity contribution is -0.140. The third kappa shape index (κ3) is 4.48. The zero-order valence-electron chi connectivity index (χ0n) is 18.2. The number of piperazine rings is 1. The van der Waals surface area contributed by atoms with Gasteiger partial charge in [-0.25, -0.2) is 4.98 Å². The first kappa shape index (κ1) is 22.6. The van der Waals surface area contributed by atoms with Gasteiger partial charge in [0.2, 0.25) is 11.8 Å². The molecule has 3 aromatic rings. The van der Waals surface area contributed by atoms with Crippen molar-refractivity contribution in [2.75, 3.05) is 26.2 Å². The van der Waals surface area contributed by atoms with Crippen molar-refractivity contribution < 1.29 is 9.59 Å². The van der Waals surface area contributed by atoms with Crippen molar-refractivity contribution in [1.29, 1.82) is 0 Å². The predicted octanol–water partition coefficient (Wildman–Crippen LogP) is 4.58. The van der Waals surface area contributed by atoms with Crippen LogP contribution in [0.15, 0.2) is 42.5 Å². The Labute approximate surface area is 197 Å². The Balaban J connectivity index is 1.69. The molecule has 32 heavy (non-hydrogen) atoms. The molecule has 168 valence electrons. The Kier molecular flexibility index (Phi) is 6.72. The second-order valence-electron chi connectivity index (χ2n) is 8.05. The van der Waals surface area contributed by atoms with Gasteiger partial charge in [0.15, 0.2) is 0 Å². The topological polar surface area (TPSA) is 58.4 Å². The molecule has 1 atom stereocenters. The van der Waals surface area contributed by atoms with Crippen molar-refractivity contribution in [3.63, 3.8) is 0 Å². The summed E-state index contributed by atoms with van der Waals surface area (Å²) in [4.78, 5) is 33.7. The molecule has 8 heteroatoms. The van der Waals surface area contributed by atoms with E-state index in [4.69, 9.17) is 28.2 Å². The van der Waals surface area contributed by atoms with E-state index in [1.165, 1.54) is 0 Å². The fraction of sp³-hybridized carbons (Fsp3) is 0.375. The molecule has 0 radical (unpaired) electrons. The minimum Gasteiger partial charge on any atom is -0.339 e. The van der Waals surface area contributed by atoms with Crippen molar-refractivity contribution >= 4 is 46.0 Å². The van der Waals surface area contributed by atoms with E-state index in [2.05, 4.69) is 4.57 Å². The standard InChI is InChI=1S/C24H26Cl2N4O2/c1-3-21(24(32)29-12-10-28(11-13-29)16(2)31)30-22-7-5-4-6-20(22)27-23(30)14-17-8-9-18(25)15-19(17)26/h4-9,15,21H,3,10-14H2,1-2H3. The monoisotopic (exact) mass is 472 g/mol. The van der Waals surface area contributed by atoms with Gasteiger partial charge in [0.25, 0.3) is 0 Å². The van der Waals surface area contributed by atoms with E-state index in [1.807, 2.05) is 48.2 Å². The molecule has 2 amide bonds. The smallest absolute Gasteiger partial charge is 0.245 e. The number of amides is 2. The minimum atomic E-state index is -0.382. The van der Waals surface area contributed by atoms with Crippen LogP contribution in [0.4, 0.5) is 0 Å². The number of imidazole rings is 1. The molecule has 1 fully saturated rings. The fourth-order valence-electron chi connectivity index (χ4n) is 4.32. The Morgan fingerprint density at radius 3 is 2.38 bits per heavy atom. The van der Waals surface area contributed by atoms with Gasteiger partial charge in [-0.1, -0.05) is 48.3 Å². The number of hydrogen-bond donors (Lipinski definition) is 0. The summed E-state index contributed by atoms with van der Waals surface area (Å²) in [6.45, 7) is 5.80. The van der Waals surface area contributed by atoms with Crippen LogP contribution in [-0.4, -0.2) is 57.3 Å². The molecule has 1 unspecified atom stereocenters. The lowest BCUT2D eigenvalue weighted by Gasteiger charge is -2.36. The summed E-state index contributed by atoms with van der Waals surface area (Å²) in [6, 6.07) is 12.9. The summed E-state index contributed by atoms with van der Waals surface area (Å²) in [7, 11) is 0. The van der Waals surface area contributed by atoms with Gasteiger partial charge in [-0.05, 0) is 36.2 Å². The summed E-state index contributed by atoms with van der Waals surface area (Å²) in [5, 5.41) is 1.16. The van der Waals surface area contributed by atoms with Gasteiger partial charge in [-0.2, -0.15) is 0 Å². The Morgan fingerprint density at radius 1 is 1.03 bits per heavy atom. The zero-order valence-corrected chi connectivity index (χ0v) is 19.7. The molecule has 2 aromatic carbocycles. The first-order valence-corrected chi connectivity index (χ1v) is 11.6. The Bertz CT molecular complexity index is 1150. The third-order valence-electron chi connectivity index (χ3n) is 6.05. The van der Waals surface area contributed by atoms with Crippen LogP contribution in [0.1, 0.15) is 37.7 Å². The van der Waals surface area contributed by atoms with Gasteiger partial charge in [0, 0.05) is 49.6 Å². The summed E-state index contributed by atoms with van der Waals surface area (Å²) in [5.41, 5.74) is 2.68. The number of rotatable bonds is 5. The number of halogens is 2. The first-order valence-electron chi connectivity index (χ1n) is 10.8. The Hall–Kier alpha value is -2.57. The number of carbonyl (C=O) groups excluding carboxylic acids is 2. The second-order valence-corrected chi connectivity index (χ2v) is 8.90. The number of carbonyl (C=O) groups is 2. The molecular formula is C24H26Cl2N4O2. The highest BCUT2D eigenvalue weighted by Crippen LogP contribution is 2.29. The molecule has 0 aliphatic carbocycles. The van der Waals surface area contributed by atoms with Gasteiger partial charge in [0.05, 0.1) is 11.0 Å². The average molecular weight is 473 g/mol.